The Bertz CT molecular complexity index is 370. The molecule has 5 heteroatoms. The number of carbonyl (C=O) groups excluding carboxylic acids is 1. The van der Waals surface area contributed by atoms with Crippen molar-refractivity contribution in [2.24, 2.45) is 0 Å². The fraction of sp³-hybridized carbons (Fsp3) is 0.364. The normalized spacial score (nSPS) is 10.0. The Morgan fingerprint density at radius 2 is 2.00 bits per heavy atom. The molecule has 0 aromatic heterocycles. The molecular weight excluding hydrogens is 230 g/mol. The van der Waals surface area contributed by atoms with Gasteiger partial charge in [0.1, 0.15) is 5.75 Å². The van der Waals surface area contributed by atoms with Crippen LogP contribution in [0.1, 0.15) is 11.1 Å². The molecule has 0 atom stereocenters. The van der Waals surface area contributed by atoms with E-state index in [4.69, 9.17) is 21.4 Å². The zero-order chi connectivity index (χ0) is 12.1. The smallest absolute Gasteiger partial charge is 0.410 e. The molecule has 1 amide bonds. The molecule has 0 unspecified atom stereocenters. The number of nitrogens with one attached hydrogen (secondary N) is 1. The van der Waals surface area contributed by atoms with Crippen molar-refractivity contribution in [1.29, 1.82) is 0 Å². The van der Waals surface area contributed by atoms with Crippen LogP contribution in [0.3, 0.4) is 0 Å². The summed E-state index contributed by atoms with van der Waals surface area (Å²) in [4.78, 5) is 11.2. The zero-order valence-corrected chi connectivity index (χ0v) is 9.97. The fourth-order valence-electron chi connectivity index (χ4n) is 1.27. The molecular formula is C11H14ClNO3. The van der Waals surface area contributed by atoms with E-state index in [9.17, 15) is 4.79 Å². The molecule has 0 aliphatic heterocycles. The van der Waals surface area contributed by atoms with E-state index < -0.39 is 6.09 Å². The lowest BCUT2D eigenvalue weighted by molar-refractivity contribution is 0.195. The van der Waals surface area contributed by atoms with Crippen molar-refractivity contribution in [3.05, 3.63) is 28.3 Å². The molecule has 88 valence electrons. The monoisotopic (exact) mass is 243 g/mol. The van der Waals surface area contributed by atoms with Gasteiger partial charge in [-0.1, -0.05) is 11.6 Å². The topological polar surface area (TPSA) is 58.6 Å². The Morgan fingerprint density at radius 1 is 1.44 bits per heavy atom. The van der Waals surface area contributed by atoms with Crippen LogP contribution < -0.4 is 10.1 Å². The number of halogens is 1. The van der Waals surface area contributed by atoms with Crippen LogP contribution in [-0.4, -0.2) is 24.4 Å². The van der Waals surface area contributed by atoms with Gasteiger partial charge in [-0.05, 0) is 37.1 Å². The highest BCUT2D eigenvalue weighted by molar-refractivity contribution is 6.32. The van der Waals surface area contributed by atoms with Gasteiger partial charge in [0.2, 0.25) is 0 Å². The van der Waals surface area contributed by atoms with E-state index in [-0.39, 0.29) is 13.2 Å². The van der Waals surface area contributed by atoms with Crippen LogP contribution in [0, 0.1) is 13.8 Å². The largest absolute Gasteiger partial charge is 0.412 e. The molecule has 0 radical (unpaired) electrons. The molecule has 0 bridgehead atoms. The molecule has 1 aromatic rings. The minimum absolute atomic E-state index is 0.117. The van der Waals surface area contributed by atoms with E-state index in [1.807, 2.05) is 13.8 Å². The number of rotatable bonds is 3. The molecule has 2 N–H and O–H groups in total. The van der Waals surface area contributed by atoms with Gasteiger partial charge >= 0.3 is 6.09 Å². The molecule has 0 aliphatic carbocycles. The summed E-state index contributed by atoms with van der Waals surface area (Å²) in [5, 5.41) is 11.6. The number of ether oxygens (including phenoxy) is 1. The summed E-state index contributed by atoms with van der Waals surface area (Å²) < 4.78 is 5.01. The van der Waals surface area contributed by atoms with Crippen molar-refractivity contribution in [1.82, 2.24) is 5.32 Å². The number of hydrogen-bond donors (Lipinski definition) is 2. The van der Waals surface area contributed by atoms with Crippen molar-refractivity contribution in [3.63, 3.8) is 0 Å². The fourth-order valence-corrected chi connectivity index (χ4v) is 1.38. The van der Waals surface area contributed by atoms with Crippen molar-refractivity contribution < 1.29 is 14.6 Å². The SMILES string of the molecule is Cc1cc(OC(=O)NCCO)cc(C)c1Cl. The summed E-state index contributed by atoms with van der Waals surface area (Å²) in [5.74, 6) is 0.440. The molecule has 0 heterocycles. The first-order chi connectivity index (χ1) is 7.54. The summed E-state index contributed by atoms with van der Waals surface area (Å²) in [7, 11) is 0. The van der Waals surface area contributed by atoms with Crippen LogP contribution in [-0.2, 0) is 0 Å². The van der Waals surface area contributed by atoms with Crippen molar-refractivity contribution in [2.45, 2.75) is 13.8 Å². The summed E-state index contributed by atoms with van der Waals surface area (Å²) in [6.07, 6.45) is -0.588. The molecule has 0 saturated carbocycles. The van der Waals surface area contributed by atoms with Crippen LogP contribution in [0.5, 0.6) is 5.75 Å². The van der Waals surface area contributed by atoms with Crippen molar-refractivity contribution in [3.8, 4) is 5.75 Å². The third-order valence-electron chi connectivity index (χ3n) is 2.00. The lowest BCUT2D eigenvalue weighted by Gasteiger charge is -2.08. The summed E-state index contributed by atoms with van der Waals surface area (Å²) in [6.45, 7) is 3.74. The van der Waals surface area contributed by atoms with Crippen LogP contribution >= 0.6 is 11.6 Å². The van der Waals surface area contributed by atoms with E-state index in [0.717, 1.165) is 11.1 Å². The number of benzene rings is 1. The first-order valence-corrected chi connectivity index (χ1v) is 5.25. The highest BCUT2D eigenvalue weighted by Crippen LogP contribution is 2.25. The molecule has 0 aliphatic rings. The minimum atomic E-state index is -0.588. The van der Waals surface area contributed by atoms with Gasteiger partial charge in [-0.25, -0.2) is 4.79 Å². The highest BCUT2D eigenvalue weighted by Gasteiger charge is 2.07. The van der Waals surface area contributed by atoms with E-state index in [2.05, 4.69) is 5.32 Å². The Hall–Kier alpha value is -1.26. The zero-order valence-electron chi connectivity index (χ0n) is 9.21. The lowest BCUT2D eigenvalue weighted by Crippen LogP contribution is -2.29. The summed E-state index contributed by atoms with van der Waals surface area (Å²) in [5.41, 5.74) is 1.71. The van der Waals surface area contributed by atoms with Gasteiger partial charge in [-0.2, -0.15) is 0 Å². The highest BCUT2D eigenvalue weighted by atomic mass is 35.5. The molecule has 1 aromatic carbocycles. The average Bonchev–Trinajstić information content (AvgIpc) is 2.23. The first-order valence-electron chi connectivity index (χ1n) is 4.88. The molecule has 16 heavy (non-hydrogen) atoms. The number of aliphatic hydroxyl groups excluding tert-OH is 1. The Kier molecular flexibility index (Phi) is 4.58. The van der Waals surface area contributed by atoms with Crippen molar-refractivity contribution in [2.75, 3.05) is 13.2 Å². The number of aliphatic hydroxyl groups is 1. The summed E-state index contributed by atoms with van der Waals surface area (Å²) in [6, 6.07) is 3.38. The second-order valence-corrected chi connectivity index (χ2v) is 3.79. The average molecular weight is 244 g/mol. The van der Waals surface area contributed by atoms with Gasteiger partial charge in [0.15, 0.2) is 0 Å². The first kappa shape index (κ1) is 12.8. The number of hydrogen-bond acceptors (Lipinski definition) is 3. The third-order valence-corrected chi connectivity index (χ3v) is 2.60. The van der Waals surface area contributed by atoms with Gasteiger partial charge in [0, 0.05) is 11.6 Å². The Labute approximate surface area is 99.2 Å². The van der Waals surface area contributed by atoms with E-state index in [1.165, 1.54) is 0 Å². The minimum Gasteiger partial charge on any atom is -0.410 e. The second-order valence-electron chi connectivity index (χ2n) is 3.41. The quantitative estimate of drug-likeness (QED) is 0.854. The van der Waals surface area contributed by atoms with E-state index in [0.29, 0.717) is 10.8 Å². The molecule has 0 spiro atoms. The number of aryl methyl sites for hydroxylation is 2. The van der Waals surface area contributed by atoms with Gasteiger partial charge in [-0.3, -0.25) is 0 Å². The molecule has 0 saturated heterocycles. The molecule has 0 fully saturated rings. The number of amides is 1. The van der Waals surface area contributed by atoms with E-state index >= 15 is 0 Å². The maximum atomic E-state index is 11.2. The molecule has 1 rings (SSSR count). The lowest BCUT2D eigenvalue weighted by atomic mass is 10.1. The van der Waals surface area contributed by atoms with Gasteiger partial charge < -0.3 is 15.2 Å². The maximum Gasteiger partial charge on any atom is 0.412 e. The van der Waals surface area contributed by atoms with Crippen LogP contribution in [0.4, 0.5) is 4.79 Å². The van der Waals surface area contributed by atoms with Crippen LogP contribution in [0.15, 0.2) is 12.1 Å². The van der Waals surface area contributed by atoms with E-state index in [1.54, 1.807) is 12.1 Å². The third kappa shape index (κ3) is 3.40. The Morgan fingerprint density at radius 3 is 2.50 bits per heavy atom. The van der Waals surface area contributed by atoms with Gasteiger partial charge in [-0.15, -0.1) is 0 Å². The predicted molar refractivity (Wildman–Crippen MR) is 62.0 cm³/mol. The molecule has 4 nitrogen and oxygen atoms in total. The number of carbonyl (C=O) groups is 1. The van der Waals surface area contributed by atoms with Crippen LogP contribution in [0.25, 0.3) is 0 Å². The standard InChI is InChI=1S/C11H14ClNO3/c1-7-5-9(6-8(2)10(7)12)16-11(15)13-3-4-14/h5-6,14H,3-4H2,1-2H3,(H,13,15). The van der Waals surface area contributed by atoms with Gasteiger partial charge in [0.25, 0.3) is 0 Å². The second kappa shape index (κ2) is 5.72. The maximum absolute atomic E-state index is 11.2. The predicted octanol–water partition coefficient (Wildman–Crippen LogP) is 2.04. The Balaban J connectivity index is 2.71. The van der Waals surface area contributed by atoms with Crippen molar-refractivity contribution >= 4 is 17.7 Å². The summed E-state index contributed by atoms with van der Waals surface area (Å²) >= 11 is 5.98. The van der Waals surface area contributed by atoms with Gasteiger partial charge in [0.05, 0.1) is 6.61 Å². The van der Waals surface area contributed by atoms with Crippen LogP contribution in [0.2, 0.25) is 5.02 Å².